The molecule has 32 heavy (non-hydrogen) atoms. The normalized spacial score (nSPS) is 12.2. The maximum absolute atomic E-state index is 13.0. The number of nitrogens with zero attached hydrogens (tertiary/aromatic N) is 3. The van der Waals surface area contributed by atoms with Crippen molar-refractivity contribution in [3.05, 3.63) is 107 Å². The van der Waals surface area contributed by atoms with Gasteiger partial charge in [0.05, 0.1) is 28.4 Å². The molecule has 4 aromatic rings. The van der Waals surface area contributed by atoms with Gasteiger partial charge in [-0.25, -0.2) is 0 Å². The maximum atomic E-state index is 13.0. The van der Waals surface area contributed by atoms with Gasteiger partial charge < -0.3 is 5.32 Å². The first kappa shape index (κ1) is 21.0. The highest BCUT2D eigenvalue weighted by molar-refractivity contribution is 5.98. The van der Waals surface area contributed by atoms with Gasteiger partial charge >= 0.3 is 6.18 Å². The van der Waals surface area contributed by atoms with Crippen molar-refractivity contribution in [1.29, 1.82) is 5.26 Å². The monoisotopic (exact) mass is 432 g/mol. The van der Waals surface area contributed by atoms with Crippen LogP contribution < -0.4 is 5.32 Å². The van der Waals surface area contributed by atoms with Gasteiger partial charge in [-0.05, 0) is 48.0 Å². The van der Waals surface area contributed by atoms with Crippen LogP contribution in [0.15, 0.2) is 79.1 Å². The average Bonchev–Trinajstić information content (AvgIpc) is 2.81. The molecule has 1 amide bonds. The van der Waals surface area contributed by atoms with E-state index in [1.807, 2.05) is 12.1 Å². The molecule has 0 aliphatic carbocycles. The van der Waals surface area contributed by atoms with Crippen molar-refractivity contribution in [2.75, 3.05) is 0 Å². The Labute approximate surface area is 181 Å². The molecular weight excluding hydrogens is 417 g/mol. The van der Waals surface area contributed by atoms with Gasteiger partial charge in [0.2, 0.25) is 0 Å². The topological polar surface area (TPSA) is 78.7 Å². The highest BCUT2D eigenvalue weighted by Crippen LogP contribution is 2.31. The molecule has 4 rings (SSSR count). The van der Waals surface area contributed by atoms with Crippen LogP contribution in [0.25, 0.3) is 10.9 Å². The molecule has 0 fully saturated rings. The third kappa shape index (κ3) is 4.27. The number of benzene rings is 2. The van der Waals surface area contributed by atoms with Crippen molar-refractivity contribution >= 4 is 16.8 Å². The van der Waals surface area contributed by atoms with Gasteiger partial charge in [0.1, 0.15) is 6.07 Å². The van der Waals surface area contributed by atoms with Gasteiger partial charge in [0, 0.05) is 23.3 Å². The van der Waals surface area contributed by atoms with Crippen LogP contribution in [0.4, 0.5) is 13.2 Å². The van der Waals surface area contributed by atoms with Crippen molar-refractivity contribution in [2.24, 2.45) is 0 Å². The molecule has 1 atom stereocenters. The van der Waals surface area contributed by atoms with Gasteiger partial charge in [-0.1, -0.05) is 24.3 Å². The molecule has 158 valence electrons. The van der Waals surface area contributed by atoms with E-state index in [1.54, 1.807) is 36.5 Å². The molecule has 0 bridgehead atoms. The van der Waals surface area contributed by atoms with Crippen LogP contribution in [0.1, 0.15) is 38.8 Å². The summed E-state index contributed by atoms with van der Waals surface area (Å²) in [5.41, 5.74) is 0.943. The summed E-state index contributed by atoms with van der Waals surface area (Å²) in [5, 5.41) is 13.1. The quantitative estimate of drug-likeness (QED) is 0.490. The Morgan fingerprint density at radius 3 is 2.41 bits per heavy atom. The number of hydrogen-bond acceptors (Lipinski definition) is 4. The zero-order chi connectivity index (χ0) is 22.7. The molecule has 0 saturated carbocycles. The van der Waals surface area contributed by atoms with Crippen LogP contribution in [-0.4, -0.2) is 15.9 Å². The van der Waals surface area contributed by atoms with Gasteiger partial charge in [0.25, 0.3) is 5.91 Å². The molecule has 0 radical (unpaired) electrons. The highest BCUT2D eigenvalue weighted by atomic mass is 19.4. The third-order valence-electron chi connectivity index (χ3n) is 4.95. The standard InChI is InChI=1S/C24H15F3N4O/c25-24(26,27)19-9-7-16(8-10-19)22(21-18(14-28)4-2-12-30-21)31-23(32)17-6-5-15-3-1-11-29-20(15)13-17/h1-13,22H,(H,31,32)/t22-/m0/s1. The lowest BCUT2D eigenvalue weighted by Crippen LogP contribution is -2.30. The fraction of sp³-hybridized carbons (Fsp3) is 0.0833. The number of carbonyl (C=O) groups excluding carboxylic acids is 1. The highest BCUT2D eigenvalue weighted by Gasteiger charge is 2.31. The summed E-state index contributed by atoms with van der Waals surface area (Å²) in [5.74, 6) is -0.475. The number of pyridine rings is 2. The molecule has 8 heteroatoms. The number of nitriles is 1. The van der Waals surface area contributed by atoms with Gasteiger partial charge in [-0.2, -0.15) is 18.4 Å². The van der Waals surface area contributed by atoms with Crippen LogP contribution in [0.3, 0.4) is 0 Å². The van der Waals surface area contributed by atoms with E-state index in [4.69, 9.17) is 0 Å². The minimum atomic E-state index is -4.49. The molecule has 2 aromatic heterocycles. The Morgan fingerprint density at radius 2 is 1.69 bits per heavy atom. The van der Waals surface area contributed by atoms with Crippen molar-refractivity contribution in [1.82, 2.24) is 15.3 Å². The van der Waals surface area contributed by atoms with Crippen molar-refractivity contribution in [3.63, 3.8) is 0 Å². The summed E-state index contributed by atoms with van der Waals surface area (Å²) >= 11 is 0. The molecule has 1 N–H and O–H groups in total. The molecular formula is C24H15F3N4O. The summed E-state index contributed by atoms with van der Waals surface area (Å²) < 4.78 is 39.0. The first-order valence-corrected chi connectivity index (χ1v) is 9.54. The summed E-state index contributed by atoms with van der Waals surface area (Å²) in [6, 6.07) is 17.3. The number of nitrogens with one attached hydrogen (secondary N) is 1. The molecule has 0 aliphatic heterocycles. The first-order valence-electron chi connectivity index (χ1n) is 9.54. The Hall–Kier alpha value is -4.25. The SMILES string of the molecule is N#Cc1cccnc1[C@@H](NC(=O)c1ccc2cccnc2c1)c1ccc(C(F)(F)F)cc1. The molecule has 2 heterocycles. The minimum Gasteiger partial charge on any atom is -0.339 e. The number of halogens is 3. The smallest absolute Gasteiger partial charge is 0.339 e. The van der Waals surface area contributed by atoms with Crippen LogP contribution >= 0.6 is 0 Å². The van der Waals surface area contributed by atoms with Gasteiger partial charge in [-0.15, -0.1) is 0 Å². The second-order valence-corrected chi connectivity index (χ2v) is 6.99. The second kappa shape index (κ2) is 8.47. The lowest BCUT2D eigenvalue weighted by atomic mass is 9.98. The third-order valence-corrected chi connectivity index (χ3v) is 4.95. The summed E-state index contributed by atoms with van der Waals surface area (Å²) in [7, 11) is 0. The van der Waals surface area contributed by atoms with E-state index in [-0.39, 0.29) is 11.3 Å². The lowest BCUT2D eigenvalue weighted by molar-refractivity contribution is -0.137. The number of alkyl halides is 3. The number of rotatable bonds is 4. The van der Waals surface area contributed by atoms with Crippen molar-refractivity contribution in [3.8, 4) is 6.07 Å². The van der Waals surface area contributed by atoms with Crippen molar-refractivity contribution in [2.45, 2.75) is 12.2 Å². The van der Waals surface area contributed by atoms with Crippen LogP contribution in [0.5, 0.6) is 0 Å². The molecule has 0 saturated heterocycles. The van der Waals surface area contributed by atoms with E-state index in [0.29, 0.717) is 16.6 Å². The number of aromatic nitrogens is 2. The first-order chi connectivity index (χ1) is 15.4. The van der Waals surface area contributed by atoms with Crippen molar-refractivity contribution < 1.29 is 18.0 Å². The maximum Gasteiger partial charge on any atom is 0.416 e. The number of hydrogen-bond donors (Lipinski definition) is 1. The fourth-order valence-corrected chi connectivity index (χ4v) is 3.34. The van der Waals surface area contributed by atoms with E-state index < -0.39 is 23.7 Å². The second-order valence-electron chi connectivity index (χ2n) is 6.99. The Bertz CT molecular complexity index is 1330. The number of fused-ring (bicyclic) bond motifs is 1. The Balaban J connectivity index is 1.73. The molecule has 0 unspecified atom stereocenters. The predicted octanol–water partition coefficient (Wildman–Crippen LogP) is 5.04. The van der Waals surface area contributed by atoms with Gasteiger partial charge in [-0.3, -0.25) is 14.8 Å². The Kier molecular flexibility index (Phi) is 5.56. The van der Waals surface area contributed by atoms with E-state index >= 15 is 0 Å². The van der Waals surface area contributed by atoms with Crippen LogP contribution in [0, 0.1) is 11.3 Å². The number of carbonyl (C=O) groups is 1. The molecule has 5 nitrogen and oxygen atoms in total. The van der Waals surface area contributed by atoms with E-state index in [2.05, 4.69) is 15.3 Å². The minimum absolute atomic E-state index is 0.206. The average molecular weight is 432 g/mol. The fourth-order valence-electron chi connectivity index (χ4n) is 3.34. The Morgan fingerprint density at radius 1 is 0.969 bits per heavy atom. The lowest BCUT2D eigenvalue weighted by Gasteiger charge is -2.20. The molecule has 2 aromatic carbocycles. The van der Waals surface area contributed by atoms with Crippen LogP contribution in [0.2, 0.25) is 0 Å². The largest absolute Gasteiger partial charge is 0.416 e. The summed E-state index contributed by atoms with van der Waals surface area (Å²) in [6.45, 7) is 0. The number of amides is 1. The van der Waals surface area contributed by atoms with E-state index in [0.717, 1.165) is 17.5 Å². The zero-order valence-corrected chi connectivity index (χ0v) is 16.5. The van der Waals surface area contributed by atoms with Crippen LogP contribution in [-0.2, 0) is 6.18 Å². The summed E-state index contributed by atoms with van der Waals surface area (Å²) in [4.78, 5) is 21.5. The molecule has 0 aliphatic rings. The molecule has 0 spiro atoms. The van der Waals surface area contributed by atoms with E-state index in [9.17, 15) is 23.2 Å². The summed E-state index contributed by atoms with van der Waals surface area (Å²) in [6.07, 6.45) is -1.42. The predicted molar refractivity (Wildman–Crippen MR) is 111 cm³/mol. The zero-order valence-electron chi connectivity index (χ0n) is 16.5. The van der Waals surface area contributed by atoms with Gasteiger partial charge in [0.15, 0.2) is 0 Å². The van der Waals surface area contributed by atoms with E-state index in [1.165, 1.54) is 24.4 Å².